The van der Waals surface area contributed by atoms with Gasteiger partial charge in [-0.2, -0.15) is 0 Å². The molecule has 1 unspecified atom stereocenters. The molecule has 2 rings (SSSR count). The Morgan fingerprint density at radius 2 is 2.00 bits per heavy atom. The summed E-state index contributed by atoms with van der Waals surface area (Å²) in [5.41, 5.74) is 0.704. The maximum absolute atomic E-state index is 10.1. The summed E-state index contributed by atoms with van der Waals surface area (Å²) in [6.07, 6.45) is 1.63. The van der Waals surface area contributed by atoms with Crippen molar-refractivity contribution < 1.29 is 5.11 Å². The number of benzene rings is 1. The van der Waals surface area contributed by atoms with E-state index < -0.39 is 5.60 Å². The first-order valence-electron chi connectivity index (χ1n) is 4.76. The molecule has 3 heteroatoms. The molecule has 1 saturated heterocycles. The third kappa shape index (κ3) is 2.71. The van der Waals surface area contributed by atoms with E-state index in [0.717, 1.165) is 25.9 Å². The number of halogens is 1. The predicted molar refractivity (Wildman–Crippen MR) is 59.8 cm³/mol. The zero-order valence-corrected chi connectivity index (χ0v) is 8.89. The number of aliphatic hydroxyl groups is 1. The quantitative estimate of drug-likeness (QED) is 0.778. The van der Waals surface area contributed by atoms with Gasteiger partial charge in [0.1, 0.15) is 0 Å². The summed E-state index contributed by atoms with van der Waals surface area (Å²) < 4.78 is 0. The monoisotopic (exact) mass is 213 g/mol. The van der Waals surface area contributed by atoms with E-state index in [2.05, 4.69) is 17.4 Å². The molecule has 1 atom stereocenters. The maximum Gasteiger partial charge on any atom is 0.0823 e. The highest BCUT2D eigenvalue weighted by Gasteiger charge is 2.30. The second-order valence-corrected chi connectivity index (χ2v) is 3.81. The fourth-order valence-electron chi connectivity index (χ4n) is 1.86. The third-order valence-corrected chi connectivity index (χ3v) is 2.60. The van der Waals surface area contributed by atoms with Crippen LogP contribution >= 0.6 is 12.4 Å². The van der Waals surface area contributed by atoms with Crippen LogP contribution in [0.2, 0.25) is 0 Å². The van der Waals surface area contributed by atoms with E-state index in [-0.39, 0.29) is 12.4 Å². The minimum Gasteiger partial charge on any atom is -0.388 e. The van der Waals surface area contributed by atoms with E-state index in [0.29, 0.717) is 0 Å². The SMILES string of the molecule is Cl.OC1(Cc2ccccc2)CCNC1. The van der Waals surface area contributed by atoms with E-state index in [4.69, 9.17) is 0 Å². The van der Waals surface area contributed by atoms with E-state index >= 15 is 0 Å². The molecule has 1 fully saturated rings. The van der Waals surface area contributed by atoms with Crippen molar-refractivity contribution in [3.8, 4) is 0 Å². The molecule has 1 aliphatic rings. The summed E-state index contributed by atoms with van der Waals surface area (Å²) in [5.74, 6) is 0. The van der Waals surface area contributed by atoms with Crippen LogP contribution in [0.15, 0.2) is 30.3 Å². The number of nitrogens with one attached hydrogen (secondary N) is 1. The van der Waals surface area contributed by atoms with Gasteiger partial charge in [-0.1, -0.05) is 30.3 Å². The second kappa shape index (κ2) is 4.78. The van der Waals surface area contributed by atoms with Crippen LogP contribution in [0.4, 0.5) is 0 Å². The van der Waals surface area contributed by atoms with Gasteiger partial charge in [0.25, 0.3) is 0 Å². The molecule has 2 nitrogen and oxygen atoms in total. The first-order valence-corrected chi connectivity index (χ1v) is 4.76. The van der Waals surface area contributed by atoms with Crippen LogP contribution in [0.25, 0.3) is 0 Å². The average Bonchev–Trinajstić information content (AvgIpc) is 2.54. The number of hydrogen-bond acceptors (Lipinski definition) is 2. The minimum absolute atomic E-state index is 0. The minimum atomic E-state index is -0.513. The Kier molecular flexibility index (Phi) is 3.93. The molecule has 0 bridgehead atoms. The van der Waals surface area contributed by atoms with Crippen molar-refractivity contribution in [3.05, 3.63) is 35.9 Å². The molecule has 0 radical (unpaired) electrons. The Morgan fingerprint density at radius 1 is 1.29 bits per heavy atom. The Bertz CT molecular complexity index is 270. The van der Waals surface area contributed by atoms with Gasteiger partial charge in [0.15, 0.2) is 0 Å². The zero-order valence-electron chi connectivity index (χ0n) is 8.07. The molecular formula is C11H16ClNO. The van der Waals surface area contributed by atoms with Crippen LogP contribution in [0.5, 0.6) is 0 Å². The van der Waals surface area contributed by atoms with E-state index in [9.17, 15) is 5.11 Å². The molecule has 78 valence electrons. The summed E-state index contributed by atoms with van der Waals surface area (Å²) in [6, 6.07) is 10.2. The lowest BCUT2D eigenvalue weighted by molar-refractivity contribution is 0.0619. The van der Waals surface area contributed by atoms with Crippen LogP contribution in [0.3, 0.4) is 0 Å². The van der Waals surface area contributed by atoms with Crippen LogP contribution in [0, 0.1) is 0 Å². The Hall–Kier alpha value is -0.570. The molecule has 1 heterocycles. The summed E-state index contributed by atoms with van der Waals surface area (Å²) in [7, 11) is 0. The topological polar surface area (TPSA) is 32.3 Å². The molecule has 0 spiro atoms. The fourth-order valence-corrected chi connectivity index (χ4v) is 1.86. The van der Waals surface area contributed by atoms with E-state index in [1.54, 1.807) is 0 Å². The van der Waals surface area contributed by atoms with Crippen LogP contribution in [-0.4, -0.2) is 23.8 Å². The van der Waals surface area contributed by atoms with Gasteiger partial charge >= 0.3 is 0 Å². The number of β-amino-alcohol motifs (C(OH)–C–C–N with tert-alkyl or cyclic N) is 1. The van der Waals surface area contributed by atoms with Gasteiger partial charge in [-0.25, -0.2) is 0 Å². The lowest BCUT2D eigenvalue weighted by Crippen LogP contribution is -2.33. The third-order valence-electron chi connectivity index (χ3n) is 2.60. The summed E-state index contributed by atoms with van der Waals surface area (Å²) in [5, 5.41) is 13.3. The van der Waals surface area contributed by atoms with Gasteiger partial charge in [-0.3, -0.25) is 0 Å². The van der Waals surface area contributed by atoms with Crippen molar-refractivity contribution >= 4 is 12.4 Å². The van der Waals surface area contributed by atoms with Gasteiger partial charge in [-0.05, 0) is 18.5 Å². The molecule has 14 heavy (non-hydrogen) atoms. The van der Waals surface area contributed by atoms with E-state index in [1.807, 2.05) is 18.2 Å². The lowest BCUT2D eigenvalue weighted by atomic mass is 9.94. The molecule has 1 aromatic rings. The molecule has 2 N–H and O–H groups in total. The highest BCUT2D eigenvalue weighted by atomic mass is 35.5. The standard InChI is InChI=1S/C11H15NO.ClH/c13-11(6-7-12-9-11)8-10-4-2-1-3-5-10;/h1-5,12-13H,6-9H2;1H. The summed E-state index contributed by atoms with van der Waals surface area (Å²) >= 11 is 0. The smallest absolute Gasteiger partial charge is 0.0823 e. The lowest BCUT2D eigenvalue weighted by Gasteiger charge is -2.20. The number of rotatable bonds is 2. The molecule has 1 aliphatic heterocycles. The van der Waals surface area contributed by atoms with Crippen molar-refractivity contribution in [2.24, 2.45) is 0 Å². The molecule has 0 aromatic heterocycles. The first kappa shape index (κ1) is 11.5. The van der Waals surface area contributed by atoms with Crippen molar-refractivity contribution in [1.29, 1.82) is 0 Å². The second-order valence-electron chi connectivity index (χ2n) is 3.81. The number of hydrogen-bond donors (Lipinski definition) is 2. The van der Waals surface area contributed by atoms with Gasteiger partial charge in [-0.15, -0.1) is 12.4 Å². The van der Waals surface area contributed by atoms with Crippen LogP contribution in [-0.2, 0) is 6.42 Å². The summed E-state index contributed by atoms with van der Waals surface area (Å²) in [6.45, 7) is 1.66. The average molecular weight is 214 g/mol. The Labute approximate surface area is 90.7 Å². The Balaban J connectivity index is 0.000000980. The molecular weight excluding hydrogens is 198 g/mol. The largest absolute Gasteiger partial charge is 0.388 e. The molecule has 0 aliphatic carbocycles. The van der Waals surface area contributed by atoms with Crippen molar-refractivity contribution in [2.45, 2.75) is 18.4 Å². The zero-order chi connectivity index (χ0) is 9.15. The van der Waals surface area contributed by atoms with Crippen LogP contribution in [0.1, 0.15) is 12.0 Å². The maximum atomic E-state index is 10.1. The molecule has 0 saturated carbocycles. The summed E-state index contributed by atoms with van der Waals surface area (Å²) in [4.78, 5) is 0. The highest BCUT2D eigenvalue weighted by molar-refractivity contribution is 5.85. The predicted octanol–water partition coefficient (Wildman–Crippen LogP) is 1.38. The highest BCUT2D eigenvalue weighted by Crippen LogP contribution is 2.19. The molecule has 0 amide bonds. The van der Waals surface area contributed by atoms with Crippen molar-refractivity contribution in [1.82, 2.24) is 5.32 Å². The van der Waals surface area contributed by atoms with Gasteiger partial charge in [0, 0.05) is 13.0 Å². The van der Waals surface area contributed by atoms with Crippen LogP contribution < -0.4 is 5.32 Å². The molecule has 1 aromatic carbocycles. The van der Waals surface area contributed by atoms with Crippen molar-refractivity contribution in [3.63, 3.8) is 0 Å². The van der Waals surface area contributed by atoms with Gasteiger partial charge in [0.2, 0.25) is 0 Å². The van der Waals surface area contributed by atoms with E-state index in [1.165, 1.54) is 5.56 Å². The van der Waals surface area contributed by atoms with Gasteiger partial charge < -0.3 is 10.4 Å². The normalized spacial score (nSPS) is 25.8. The first-order chi connectivity index (χ1) is 6.29. The Morgan fingerprint density at radius 3 is 2.57 bits per heavy atom. The van der Waals surface area contributed by atoms with Crippen molar-refractivity contribution in [2.75, 3.05) is 13.1 Å². The van der Waals surface area contributed by atoms with Gasteiger partial charge in [0.05, 0.1) is 5.60 Å². The fraction of sp³-hybridized carbons (Fsp3) is 0.455.